The average molecular weight is 325 g/mol. The van der Waals surface area contributed by atoms with Crippen LogP contribution >= 0.6 is 15.9 Å². The van der Waals surface area contributed by atoms with Crippen LogP contribution in [0.5, 0.6) is 0 Å². The van der Waals surface area contributed by atoms with Crippen molar-refractivity contribution in [2.75, 3.05) is 5.32 Å². The Labute approximate surface area is 121 Å². The van der Waals surface area contributed by atoms with E-state index in [0.29, 0.717) is 11.0 Å². The fourth-order valence-corrected chi connectivity index (χ4v) is 2.59. The summed E-state index contributed by atoms with van der Waals surface area (Å²) in [5.41, 5.74) is 4.58. The van der Waals surface area contributed by atoms with Crippen molar-refractivity contribution in [2.45, 2.75) is 33.9 Å². The summed E-state index contributed by atoms with van der Waals surface area (Å²) in [4.78, 5) is 0. The Bertz CT molecular complexity index is 590. The molecule has 2 nitrogen and oxygen atoms in total. The number of hydrogen-bond acceptors (Lipinski definition) is 1. The molecule has 0 radical (unpaired) electrons. The van der Waals surface area contributed by atoms with Gasteiger partial charge < -0.3 is 9.88 Å². The van der Waals surface area contributed by atoms with Crippen molar-refractivity contribution in [3.63, 3.8) is 0 Å². The van der Waals surface area contributed by atoms with Gasteiger partial charge in [-0.05, 0) is 66.5 Å². The van der Waals surface area contributed by atoms with E-state index in [9.17, 15) is 4.39 Å². The van der Waals surface area contributed by atoms with Gasteiger partial charge in [0.05, 0.1) is 4.47 Å². The van der Waals surface area contributed by atoms with Crippen molar-refractivity contribution >= 4 is 21.6 Å². The largest absolute Gasteiger partial charge is 0.381 e. The van der Waals surface area contributed by atoms with E-state index in [0.717, 1.165) is 12.2 Å². The molecule has 4 heteroatoms. The number of rotatable bonds is 4. The van der Waals surface area contributed by atoms with E-state index in [2.05, 4.69) is 52.7 Å². The Morgan fingerprint density at radius 2 is 2.00 bits per heavy atom. The molecule has 0 atom stereocenters. The van der Waals surface area contributed by atoms with Crippen LogP contribution in [-0.4, -0.2) is 4.57 Å². The molecule has 1 aromatic heterocycles. The van der Waals surface area contributed by atoms with Gasteiger partial charge in [-0.15, -0.1) is 0 Å². The molecule has 2 aromatic rings. The summed E-state index contributed by atoms with van der Waals surface area (Å²) in [5, 5.41) is 3.26. The molecule has 0 saturated heterocycles. The van der Waals surface area contributed by atoms with Crippen LogP contribution in [-0.2, 0) is 13.1 Å². The van der Waals surface area contributed by atoms with Crippen molar-refractivity contribution in [2.24, 2.45) is 0 Å². The topological polar surface area (TPSA) is 17.0 Å². The van der Waals surface area contributed by atoms with Crippen LogP contribution in [0.3, 0.4) is 0 Å². The van der Waals surface area contributed by atoms with Gasteiger partial charge in [0.1, 0.15) is 5.82 Å². The van der Waals surface area contributed by atoms with Crippen LogP contribution in [0.1, 0.15) is 23.9 Å². The van der Waals surface area contributed by atoms with E-state index in [-0.39, 0.29) is 5.82 Å². The van der Waals surface area contributed by atoms with E-state index in [1.54, 1.807) is 6.07 Å². The predicted molar refractivity (Wildman–Crippen MR) is 81.0 cm³/mol. The van der Waals surface area contributed by atoms with Crippen LogP contribution in [0.15, 0.2) is 28.7 Å². The zero-order valence-electron chi connectivity index (χ0n) is 11.4. The van der Waals surface area contributed by atoms with Crippen LogP contribution in [0, 0.1) is 19.7 Å². The van der Waals surface area contributed by atoms with E-state index in [4.69, 9.17) is 0 Å². The number of anilines is 1. The third-order valence-corrected chi connectivity index (χ3v) is 4.04. The summed E-state index contributed by atoms with van der Waals surface area (Å²) in [7, 11) is 0. The third kappa shape index (κ3) is 3.00. The molecule has 0 saturated carbocycles. The molecule has 0 spiro atoms. The van der Waals surface area contributed by atoms with E-state index in [1.807, 2.05) is 6.07 Å². The fraction of sp³-hybridized carbons (Fsp3) is 0.333. The SMILES string of the molecule is CCn1c(C)cc(CNc2ccc(Br)c(F)c2)c1C. The maximum atomic E-state index is 13.4. The number of nitrogens with one attached hydrogen (secondary N) is 1. The molecule has 0 aliphatic heterocycles. The molecule has 0 aliphatic carbocycles. The summed E-state index contributed by atoms with van der Waals surface area (Å²) in [6.45, 7) is 8.06. The lowest BCUT2D eigenvalue weighted by Gasteiger charge is -2.08. The Morgan fingerprint density at radius 3 is 2.58 bits per heavy atom. The predicted octanol–water partition coefficient (Wildman–Crippen LogP) is 4.64. The number of nitrogens with zero attached hydrogens (tertiary/aromatic N) is 1. The van der Waals surface area contributed by atoms with E-state index in [1.165, 1.54) is 23.0 Å². The summed E-state index contributed by atoms with van der Waals surface area (Å²) >= 11 is 3.15. The van der Waals surface area contributed by atoms with Crippen LogP contribution in [0.4, 0.5) is 10.1 Å². The minimum absolute atomic E-state index is 0.246. The molecule has 1 heterocycles. The van der Waals surface area contributed by atoms with Gasteiger partial charge in [0, 0.05) is 30.2 Å². The lowest BCUT2D eigenvalue weighted by Crippen LogP contribution is -2.03. The second kappa shape index (κ2) is 5.78. The van der Waals surface area contributed by atoms with Gasteiger partial charge in [-0.3, -0.25) is 0 Å². The highest BCUT2D eigenvalue weighted by Gasteiger charge is 2.07. The van der Waals surface area contributed by atoms with Crippen molar-refractivity contribution < 1.29 is 4.39 Å². The van der Waals surface area contributed by atoms with Gasteiger partial charge in [-0.25, -0.2) is 4.39 Å². The van der Waals surface area contributed by atoms with E-state index >= 15 is 0 Å². The van der Waals surface area contributed by atoms with Crippen molar-refractivity contribution in [1.82, 2.24) is 4.57 Å². The van der Waals surface area contributed by atoms with Crippen molar-refractivity contribution in [1.29, 1.82) is 0 Å². The zero-order chi connectivity index (χ0) is 14.0. The lowest BCUT2D eigenvalue weighted by atomic mass is 10.2. The zero-order valence-corrected chi connectivity index (χ0v) is 13.0. The Morgan fingerprint density at radius 1 is 1.26 bits per heavy atom. The van der Waals surface area contributed by atoms with Crippen molar-refractivity contribution in [3.8, 4) is 0 Å². The van der Waals surface area contributed by atoms with Crippen LogP contribution in [0.25, 0.3) is 0 Å². The molecular weight excluding hydrogens is 307 g/mol. The number of aromatic nitrogens is 1. The van der Waals surface area contributed by atoms with Crippen LogP contribution < -0.4 is 5.32 Å². The van der Waals surface area contributed by atoms with Gasteiger partial charge in [0.2, 0.25) is 0 Å². The monoisotopic (exact) mass is 324 g/mol. The summed E-state index contributed by atoms with van der Waals surface area (Å²) in [5.74, 6) is -0.246. The molecule has 0 amide bonds. The second-order valence-electron chi connectivity index (χ2n) is 4.62. The van der Waals surface area contributed by atoms with Gasteiger partial charge in [0.15, 0.2) is 0 Å². The molecule has 0 unspecified atom stereocenters. The van der Waals surface area contributed by atoms with E-state index < -0.39 is 0 Å². The molecular formula is C15H18BrFN2. The summed E-state index contributed by atoms with van der Waals surface area (Å²) in [6.07, 6.45) is 0. The smallest absolute Gasteiger partial charge is 0.139 e. The third-order valence-electron chi connectivity index (χ3n) is 3.40. The molecule has 2 rings (SSSR count). The molecule has 1 N–H and O–H groups in total. The highest BCUT2D eigenvalue weighted by molar-refractivity contribution is 9.10. The van der Waals surface area contributed by atoms with Crippen LogP contribution in [0.2, 0.25) is 0 Å². The average Bonchev–Trinajstić information content (AvgIpc) is 2.65. The molecule has 19 heavy (non-hydrogen) atoms. The molecule has 0 bridgehead atoms. The molecule has 102 valence electrons. The van der Waals surface area contributed by atoms with Crippen molar-refractivity contribution in [3.05, 3.63) is 51.5 Å². The number of halogens is 2. The quantitative estimate of drug-likeness (QED) is 0.867. The van der Waals surface area contributed by atoms with Gasteiger partial charge in [-0.2, -0.15) is 0 Å². The first kappa shape index (κ1) is 14.1. The Hall–Kier alpha value is -1.29. The minimum atomic E-state index is -0.246. The molecule has 0 fully saturated rings. The number of benzene rings is 1. The van der Waals surface area contributed by atoms with Gasteiger partial charge >= 0.3 is 0 Å². The first-order valence-electron chi connectivity index (χ1n) is 6.37. The number of hydrogen-bond donors (Lipinski definition) is 1. The fourth-order valence-electron chi connectivity index (χ4n) is 2.34. The Kier molecular flexibility index (Phi) is 4.30. The second-order valence-corrected chi connectivity index (χ2v) is 5.48. The Balaban J connectivity index is 2.12. The normalized spacial score (nSPS) is 10.8. The standard InChI is InChI=1S/C15H18BrFN2/c1-4-19-10(2)7-12(11(19)3)9-18-13-5-6-14(16)15(17)8-13/h5-8,18H,4,9H2,1-3H3. The summed E-state index contributed by atoms with van der Waals surface area (Å²) in [6, 6.07) is 7.27. The lowest BCUT2D eigenvalue weighted by molar-refractivity contribution is 0.621. The highest BCUT2D eigenvalue weighted by atomic mass is 79.9. The van der Waals surface area contributed by atoms with Gasteiger partial charge in [0.25, 0.3) is 0 Å². The first-order valence-corrected chi connectivity index (χ1v) is 7.16. The summed E-state index contributed by atoms with van der Waals surface area (Å²) < 4.78 is 16.2. The maximum Gasteiger partial charge on any atom is 0.139 e. The molecule has 0 aliphatic rings. The first-order chi connectivity index (χ1) is 9.02. The van der Waals surface area contributed by atoms with Gasteiger partial charge in [-0.1, -0.05) is 0 Å². The maximum absolute atomic E-state index is 13.4. The highest BCUT2D eigenvalue weighted by Crippen LogP contribution is 2.21. The molecule has 1 aromatic carbocycles. The minimum Gasteiger partial charge on any atom is -0.381 e. The number of aryl methyl sites for hydroxylation is 1.